The van der Waals surface area contributed by atoms with Gasteiger partial charge in [-0.2, -0.15) is 0 Å². The van der Waals surface area contributed by atoms with Crippen molar-refractivity contribution < 1.29 is 19.1 Å². The van der Waals surface area contributed by atoms with Crippen molar-refractivity contribution in [2.75, 3.05) is 24.2 Å². The number of rotatable bonds is 7. The molecule has 0 saturated carbocycles. The fourth-order valence-corrected chi connectivity index (χ4v) is 5.38. The highest BCUT2D eigenvalue weighted by molar-refractivity contribution is 7.99. The molecule has 0 aliphatic carbocycles. The van der Waals surface area contributed by atoms with Crippen LogP contribution in [-0.2, 0) is 27.3 Å². The van der Waals surface area contributed by atoms with Crippen LogP contribution in [0.1, 0.15) is 46.6 Å². The van der Waals surface area contributed by atoms with Crippen LogP contribution in [0, 0.1) is 6.92 Å². The van der Waals surface area contributed by atoms with Crippen molar-refractivity contribution in [1.29, 1.82) is 0 Å². The van der Waals surface area contributed by atoms with Gasteiger partial charge in [0.15, 0.2) is 0 Å². The lowest BCUT2D eigenvalue weighted by Gasteiger charge is -2.25. The second kappa shape index (κ2) is 10.1. The van der Waals surface area contributed by atoms with E-state index < -0.39 is 5.97 Å². The highest BCUT2D eigenvalue weighted by Gasteiger charge is 2.30. The largest absolute Gasteiger partial charge is 0.462 e. The first-order valence-electron chi connectivity index (χ1n) is 9.95. The molecule has 0 spiro atoms. The zero-order valence-electron chi connectivity index (χ0n) is 17.4. The molecule has 2 heterocycles. The molecule has 8 heteroatoms. The Morgan fingerprint density at radius 1 is 1.23 bits per heavy atom. The number of carbonyl (C=O) groups is 3. The number of amides is 2. The SMILES string of the molecule is CCOC(=O)c1c(NC(=O)CCSc2ccc(C)cc2)sc2c1CCN(C(C)=O)C2. The van der Waals surface area contributed by atoms with Crippen LogP contribution in [0.2, 0.25) is 0 Å². The number of aryl methyl sites for hydroxylation is 1. The van der Waals surface area contributed by atoms with Crippen LogP contribution in [0.5, 0.6) is 0 Å². The average Bonchev–Trinajstić information content (AvgIpc) is 3.06. The first kappa shape index (κ1) is 22.4. The number of benzene rings is 1. The monoisotopic (exact) mass is 446 g/mol. The van der Waals surface area contributed by atoms with Gasteiger partial charge in [-0.15, -0.1) is 23.1 Å². The molecular weight excluding hydrogens is 420 g/mol. The Morgan fingerprint density at radius 2 is 1.97 bits per heavy atom. The summed E-state index contributed by atoms with van der Waals surface area (Å²) in [5.74, 6) is 0.0931. The number of thiophene rings is 1. The summed E-state index contributed by atoms with van der Waals surface area (Å²) in [6, 6.07) is 8.19. The molecule has 30 heavy (non-hydrogen) atoms. The third-order valence-electron chi connectivity index (χ3n) is 4.85. The number of hydrogen-bond donors (Lipinski definition) is 1. The normalized spacial score (nSPS) is 13.0. The molecule has 0 unspecified atom stereocenters. The summed E-state index contributed by atoms with van der Waals surface area (Å²) < 4.78 is 5.23. The van der Waals surface area contributed by atoms with Crippen molar-refractivity contribution >= 4 is 45.9 Å². The first-order chi connectivity index (χ1) is 14.4. The average molecular weight is 447 g/mol. The van der Waals surface area contributed by atoms with Gasteiger partial charge in [-0.05, 0) is 38.0 Å². The molecule has 2 amide bonds. The van der Waals surface area contributed by atoms with E-state index in [2.05, 4.69) is 17.4 Å². The predicted molar refractivity (Wildman–Crippen MR) is 120 cm³/mol. The van der Waals surface area contributed by atoms with Crippen molar-refractivity contribution in [3.8, 4) is 0 Å². The van der Waals surface area contributed by atoms with Gasteiger partial charge in [0.25, 0.3) is 0 Å². The van der Waals surface area contributed by atoms with E-state index >= 15 is 0 Å². The Balaban J connectivity index is 1.69. The van der Waals surface area contributed by atoms with E-state index in [-0.39, 0.29) is 18.4 Å². The van der Waals surface area contributed by atoms with E-state index in [1.54, 1.807) is 30.5 Å². The summed E-state index contributed by atoms with van der Waals surface area (Å²) >= 11 is 2.99. The third kappa shape index (κ3) is 5.43. The van der Waals surface area contributed by atoms with E-state index in [9.17, 15) is 14.4 Å². The Bertz CT molecular complexity index is 937. The minimum absolute atomic E-state index is 0.00505. The number of anilines is 1. The van der Waals surface area contributed by atoms with Crippen LogP contribution in [0.4, 0.5) is 5.00 Å². The fraction of sp³-hybridized carbons (Fsp3) is 0.409. The van der Waals surface area contributed by atoms with Gasteiger partial charge in [-0.3, -0.25) is 9.59 Å². The minimum atomic E-state index is -0.421. The third-order valence-corrected chi connectivity index (χ3v) is 7.00. The zero-order chi connectivity index (χ0) is 21.7. The van der Waals surface area contributed by atoms with Crippen LogP contribution in [0.15, 0.2) is 29.2 Å². The molecule has 2 aromatic rings. The van der Waals surface area contributed by atoms with Gasteiger partial charge in [-0.25, -0.2) is 4.79 Å². The molecule has 1 N–H and O–H groups in total. The molecular formula is C22H26N2O4S2. The summed E-state index contributed by atoms with van der Waals surface area (Å²) in [4.78, 5) is 40.6. The van der Waals surface area contributed by atoms with Crippen LogP contribution in [0.25, 0.3) is 0 Å². The smallest absolute Gasteiger partial charge is 0.341 e. The number of nitrogens with one attached hydrogen (secondary N) is 1. The Kier molecular flexibility index (Phi) is 7.55. The highest BCUT2D eigenvalue weighted by atomic mass is 32.2. The van der Waals surface area contributed by atoms with Gasteiger partial charge in [-0.1, -0.05) is 17.7 Å². The molecule has 0 radical (unpaired) electrons. The number of carbonyl (C=O) groups excluding carboxylic acids is 3. The molecule has 3 rings (SSSR count). The van der Waals surface area contributed by atoms with Crippen molar-refractivity contribution in [1.82, 2.24) is 4.90 Å². The van der Waals surface area contributed by atoms with E-state index in [1.165, 1.54) is 16.9 Å². The van der Waals surface area contributed by atoms with Crippen molar-refractivity contribution in [2.24, 2.45) is 0 Å². The van der Waals surface area contributed by atoms with Crippen LogP contribution in [-0.4, -0.2) is 41.6 Å². The lowest BCUT2D eigenvalue weighted by atomic mass is 10.0. The number of hydrogen-bond acceptors (Lipinski definition) is 6. The van der Waals surface area contributed by atoms with Crippen LogP contribution >= 0.6 is 23.1 Å². The number of fused-ring (bicyclic) bond motifs is 1. The predicted octanol–water partition coefficient (Wildman–Crippen LogP) is 4.26. The molecule has 1 aromatic heterocycles. The molecule has 0 saturated heterocycles. The standard InChI is InChI=1S/C22H26N2O4S2/c1-4-28-22(27)20-17-9-11-24(15(3)25)13-18(17)30-21(20)23-19(26)10-12-29-16-7-5-14(2)6-8-16/h5-8H,4,9-13H2,1-3H3,(H,23,26). The number of ether oxygens (including phenoxy) is 1. The van der Waals surface area contributed by atoms with Crippen LogP contribution < -0.4 is 5.32 Å². The molecule has 1 aliphatic heterocycles. The highest BCUT2D eigenvalue weighted by Crippen LogP contribution is 2.38. The van der Waals surface area contributed by atoms with E-state index in [0.29, 0.717) is 42.2 Å². The summed E-state index contributed by atoms with van der Waals surface area (Å²) in [6.45, 7) is 6.63. The number of esters is 1. The Hall–Kier alpha value is -2.32. The van der Waals surface area contributed by atoms with Gasteiger partial charge in [0.05, 0.1) is 18.7 Å². The van der Waals surface area contributed by atoms with E-state index in [0.717, 1.165) is 15.3 Å². The van der Waals surface area contributed by atoms with Gasteiger partial charge in [0.2, 0.25) is 11.8 Å². The maximum absolute atomic E-state index is 12.6. The second-order valence-corrected chi connectivity index (χ2v) is 9.35. The van der Waals surface area contributed by atoms with Crippen molar-refractivity contribution in [3.05, 3.63) is 45.8 Å². The quantitative estimate of drug-likeness (QED) is 0.508. The Morgan fingerprint density at radius 3 is 2.63 bits per heavy atom. The lowest BCUT2D eigenvalue weighted by molar-refractivity contribution is -0.129. The number of nitrogens with zero attached hydrogens (tertiary/aromatic N) is 1. The second-order valence-electron chi connectivity index (χ2n) is 7.08. The van der Waals surface area contributed by atoms with E-state index in [4.69, 9.17) is 4.74 Å². The summed E-state index contributed by atoms with van der Waals surface area (Å²) in [5.41, 5.74) is 2.54. The fourth-order valence-electron chi connectivity index (χ4n) is 3.26. The molecule has 160 valence electrons. The van der Waals surface area contributed by atoms with Gasteiger partial charge < -0.3 is 15.0 Å². The van der Waals surface area contributed by atoms with E-state index in [1.807, 2.05) is 19.1 Å². The van der Waals surface area contributed by atoms with Gasteiger partial charge in [0, 0.05) is 35.4 Å². The molecule has 1 aliphatic rings. The van der Waals surface area contributed by atoms with Crippen LogP contribution in [0.3, 0.4) is 0 Å². The van der Waals surface area contributed by atoms with Crippen molar-refractivity contribution in [2.45, 2.75) is 45.1 Å². The maximum Gasteiger partial charge on any atom is 0.341 e. The van der Waals surface area contributed by atoms with Gasteiger partial charge in [0.1, 0.15) is 5.00 Å². The molecule has 1 aromatic carbocycles. The molecule has 0 atom stereocenters. The number of thioether (sulfide) groups is 1. The zero-order valence-corrected chi connectivity index (χ0v) is 19.1. The van der Waals surface area contributed by atoms with Gasteiger partial charge >= 0.3 is 5.97 Å². The molecule has 6 nitrogen and oxygen atoms in total. The van der Waals surface area contributed by atoms with Crippen molar-refractivity contribution in [3.63, 3.8) is 0 Å². The summed E-state index contributed by atoms with van der Waals surface area (Å²) in [6.07, 6.45) is 0.918. The maximum atomic E-state index is 12.6. The topological polar surface area (TPSA) is 75.7 Å². The lowest BCUT2D eigenvalue weighted by Crippen LogP contribution is -2.34. The summed E-state index contributed by atoms with van der Waals surface area (Å²) in [5, 5.41) is 3.43. The molecule has 0 fully saturated rings. The molecule has 0 bridgehead atoms. The first-order valence-corrected chi connectivity index (χ1v) is 11.8. The summed E-state index contributed by atoms with van der Waals surface area (Å²) in [7, 11) is 0. The Labute approximate surface area is 185 Å². The minimum Gasteiger partial charge on any atom is -0.462 e.